The third kappa shape index (κ3) is 2.78. The van der Waals surface area contributed by atoms with Crippen molar-refractivity contribution in [3.63, 3.8) is 0 Å². The molecule has 0 N–H and O–H groups in total. The zero-order valence-electron chi connectivity index (χ0n) is 16.6. The van der Waals surface area contributed by atoms with Gasteiger partial charge < -0.3 is 4.74 Å². The summed E-state index contributed by atoms with van der Waals surface area (Å²) >= 11 is 0. The van der Waals surface area contributed by atoms with Gasteiger partial charge in [-0.15, -0.1) is 0 Å². The highest BCUT2D eigenvalue weighted by molar-refractivity contribution is 5.93. The van der Waals surface area contributed by atoms with Crippen LogP contribution in [0.1, 0.15) is 30.9 Å². The molecular formula is C24H27NO3. The lowest BCUT2D eigenvalue weighted by Gasteiger charge is -2.50. The molecule has 28 heavy (non-hydrogen) atoms. The van der Waals surface area contributed by atoms with Gasteiger partial charge in [-0.2, -0.15) is 0 Å². The second-order valence-corrected chi connectivity index (χ2v) is 8.34. The molecular weight excluding hydrogens is 350 g/mol. The third-order valence-corrected chi connectivity index (χ3v) is 6.96. The molecule has 1 aliphatic carbocycles. The summed E-state index contributed by atoms with van der Waals surface area (Å²) in [6.45, 7) is 4.01. The van der Waals surface area contributed by atoms with Crippen molar-refractivity contribution < 1.29 is 14.3 Å². The fraction of sp³-hybridized carbons (Fsp3) is 0.417. The summed E-state index contributed by atoms with van der Waals surface area (Å²) in [5.74, 6) is -0.399. The van der Waals surface area contributed by atoms with E-state index in [-0.39, 0.29) is 17.7 Å². The van der Waals surface area contributed by atoms with Crippen LogP contribution in [0.2, 0.25) is 0 Å². The van der Waals surface area contributed by atoms with E-state index < -0.39 is 10.8 Å². The van der Waals surface area contributed by atoms with Gasteiger partial charge in [0.1, 0.15) is 11.2 Å². The van der Waals surface area contributed by atoms with Gasteiger partial charge in [0.25, 0.3) is 0 Å². The Morgan fingerprint density at radius 1 is 1.11 bits per heavy atom. The fourth-order valence-electron chi connectivity index (χ4n) is 5.43. The average Bonchev–Trinajstić information content (AvgIpc) is 3.13. The molecule has 4 heteroatoms. The van der Waals surface area contributed by atoms with Gasteiger partial charge in [0.2, 0.25) is 0 Å². The monoisotopic (exact) mass is 377 g/mol. The number of rotatable bonds is 4. The highest BCUT2D eigenvalue weighted by Crippen LogP contribution is 2.58. The molecule has 3 unspecified atom stereocenters. The van der Waals surface area contributed by atoms with Crippen LogP contribution in [0.25, 0.3) is 0 Å². The minimum absolute atomic E-state index is 0.189. The van der Waals surface area contributed by atoms with Crippen LogP contribution in [0.5, 0.6) is 0 Å². The van der Waals surface area contributed by atoms with Crippen molar-refractivity contribution in [2.45, 2.75) is 31.7 Å². The van der Waals surface area contributed by atoms with Crippen molar-refractivity contribution in [2.75, 3.05) is 20.2 Å². The number of hydrogen-bond acceptors (Lipinski definition) is 4. The van der Waals surface area contributed by atoms with Crippen molar-refractivity contribution in [2.24, 2.45) is 11.3 Å². The second-order valence-electron chi connectivity index (χ2n) is 8.34. The van der Waals surface area contributed by atoms with Gasteiger partial charge in [-0.1, -0.05) is 67.6 Å². The number of benzene rings is 2. The quantitative estimate of drug-likeness (QED) is 0.764. The zero-order valence-corrected chi connectivity index (χ0v) is 16.6. The van der Waals surface area contributed by atoms with Gasteiger partial charge in [-0.3, -0.25) is 14.5 Å². The number of Topliss-reactive ketones (excluding diaryl/α,β-unsaturated/α-hetero) is 1. The Kier molecular flexibility index (Phi) is 4.84. The van der Waals surface area contributed by atoms with E-state index in [4.69, 9.17) is 4.74 Å². The summed E-state index contributed by atoms with van der Waals surface area (Å²) in [6, 6.07) is 20.4. The van der Waals surface area contributed by atoms with Gasteiger partial charge in [0.15, 0.2) is 0 Å². The molecule has 0 spiro atoms. The van der Waals surface area contributed by atoms with Crippen LogP contribution in [-0.2, 0) is 26.3 Å². The summed E-state index contributed by atoms with van der Waals surface area (Å²) in [4.78, 5) is 28.5. The highest BCUT2D eigenvalue weighted by atomic mass is 16.5. The summed E-state index contributed by atoms with van der Waals surface area (Å²) in [5.41, 5.74) is 1.01. The van der Waals surface area contributed by atoms with Crippen molar-refractivity contribution in [3.8, 4) is 0 Å². The first-order valence-corrected chi connectivity index (χ1v) is 9.94. The Balaban J connectivity index is 1.78. The number of carbonyl (C=O) groups is 2. The Labute approximate surface area is 166 Å². The molecule has 2 aliphatic rings. The van der Waals surface area contributed by atoms with Crippen LogP contribution in [0.4, 0.5) is 0 Å². The predicted molar refractivity (Wildman–Crippen MR) is 108 cm³/mol. The van der Waals surface area contributed by atoms with Crippen LogP contribution in [0, 0.1) is 11.3 Å². The SMILES string of the molecule is COC(=O)C12CN(Cc3ccccc3)CC1C(=O)CCC2(C)c1ccccc1. The van der Waals surface area contributed by atoms with E-state index in [1.165, 1.54) is 12.7 Å². The number of esters is 1. The molecule has 4 rings (SSSR count). The van der Waals surface area contributed by atoms with Crippen molar-refractivity contribution in [3.05, 3.63) is 71.8 Å². The number of carbonyl (C=O) groups excluding carboxylic acids is 2. The van der Waals surface area contributed by atoms with E-state index in [0.29, 0.717) is 25.9 Å². The van der Waals surface area contributed by atoms with Gasteiger partial charge in [-0.25, -0.2) is 0 Å². The molecule has 1 heterocycles. The highest BCUT2D eigenvalue weighted by Gasteiger charge is 2.67. The summed E-state index contributed by atoms with van der Waals surface area (Å²) in [7, 11) is 1.44. The number of hydrogen-bond donors (Lipinski definition) is 0. The first-order chi connectivity index (χ1) is 13.5. The molecule has 146 valence electrons. The van der Waals surface area contributed by atoms with Crippen LogP contribution < -0.4 is 0 Å². The van der Waals surface area contributed by atoms with Crippen LogP contribution in [0.3, 0.4) is 0 Å². The maximum atomic E-state index is 13.3. The lowest BCUT2D eigenvalue weighted by molar-refractivity contribution is -0.166. The molecule has 0 amide bonds. The fourth-order valence-corrected chi connectivity index (χ4v) is 5.43. The molecule has 1 saturated heterocycles. The lowest BCUT2D eigenvalue weighted by atomic mass is 9.50. The number of nitrogens with zero attached hydrogens (tertiary/aromatic N) is 1. The molecule has 0 bridgehead atoms. The van der Waals surface area contributed by atoms with Crippen molar-refractivity contribution >= 4 is 11.8 Å². The molecule has 3 atom stereocenters. The number of methoxy groups -OCH3 is 1. The molecule has 1 aliphatic heterocycles. The maximum absolute atomic E-state index is 13.3. The van der Waals surface area contributed by atoms with Crippen molar-refractivity contribution in [1.82, 2.24) is 4.90 Å². The summed E-state index contributed by atoms with van der Waals surface area (Å²) in [6.07, 6.45) is 1.18. The van der Waals surface area contributed by atoms with Crippen LogP contribution in [0.15, 0.2) is 60.7 Å². The average molecular weight is 377 g/mol. The predicted octanol–water partition coefficient (Wildman–Crippen LogP) is 3.60. The number of ketones is 1. The minimum atomic E-state index is -0.854. The van der Waals surface area contributed by atoms with E-state index in [0.717, 1.165) is 12.1 Å². The number of fused-ring (bicyclic) bond motifs is 1. The van der Waals surface area contributed by atoms with Gasteiger partial charge in [0, 0.05) is 37.4 Å². The Bertz CT molecular complexity index is 866. The van der Waals surface area contributed by atoms with Crippen LogP contribution in [-0.4, -0.2) is 36.9 Å². The normalized spacial score (nSPS) is 30.1. The standard InChI is InChI=1S/C24H27NO3/c1-23(19-11-7-4-8-12-19)14-13-21(26)20-16-25(15-18-9-5-3-6-10-18)17-24(20,23)22(27)28-2/h3-12,20H,13-17H2,1-2H3. The van der Waals surface area contributed by atoms with Crippen molar-refractivity contribution in [1.29, 1.82) is 0 Å². The molecule has 2 fully saturated rings. The number of ether oxygens (including phenoxy) is 1. The molecule has 0 radical (unpaired) electrons. The van der Waals surface area contributed by atoms with Gasteiger partial charge in [-0.05, 0) is 17.5 Å². The minimum Gasteiger partial charge on any atom is -0.469 e. The summed E-state index contributed by atoms with van der Waals surface area (Å²) < 4.78 is 5.34. The van der Waals surface area contributed by atoms with E-state index in [1.807, 2.05) is 36.4 Å². The Morgan fingerprint density at radius 2 is 1.75 bits per heavy atom. The largest absolute Gasteiger partial charge is 0.469 e. The Morgan fingerprint density at radius 3 is 2.39 bits per heavy atom. The molecule has 4 nitrogen and oxygen atoms in total. The second kappa shape index (κ2) is 7.17. The van der Waals surface area contributed by atoms with Crippen LogP contribution >= 0.6 is 0 Å². The first-order valence-electron chi connectivity index (χ1n) is 9.94. The van der Waals surface area contributed by atoms with E-state index in [1.54, 1.807) is 0 Å². The molecule has 2 aromatic rings. The smallest absolute Gasteiger partial charge is 0.314 e. The van der Waals surface area contributed by atoms with Gasteiger partial charge >= 0.3 is 5.97 Å². The molecule has 2 aromatic carbocycles. The zero-order chi connectivity index (χ0) is 19.8. The molecule has 0 aromatic heterocycles. The number of likely N-dealkylation sites (tertiary alicyclic amines) is 1. The lowest BCUT2D eigenvalue weighted by Crippen LogP contribution is -2.59. The van der Waals surface area contributed by atoms with E-state index in [2.05, 4.69) is 36.1 Å². The van der Waals surface area contributed by atoms with E-state index >= 15 is 0 Å². The van der Waals surface area contributed by atoms with Gasteiger partial charge in [0.05, 0.1) is 7.11 Å². The Hall–Kier alpha value is -2.46. The van der Waals surface area contributed by atoms with E-state index in [9.17, 15) is 9.59 Å². The summed E-state index contributed by atoms with van der Waals surface area (Å²) in [5, 5.41) is 0. The first kappa shape index (κ1) is 18.9. The maximum Gasteiger partial charge on any atom is 0.314 e. The third-order valence-electron chi connectivity index (χ3n) is 6.96. The molecule has 1 saturated carbocycles. The topological polar surface area (TPSA) is 46.6 Å².